The molecule has 0 saturated heterocycles. The van der Waals surface area contributed by atoms with Gasteiger partial charge in [-0.2, -0.15) is 0 Å². The van der Waals surface area contributed by atoms with Crippen molar-refractivity contribution in [2.24, 2.45) is 5.73 Å². The van der Waals surface area contributed by atoms with Gasteiger partial charge < -0.3 is 11.1 Å². The molecule has 1 aromatic rings. The van der Waals surface area contributed by atoms with Gasteiger partial charge >= 0.3 is 0 Å². The summed E-state index contributed by atoms with van der Waals surface area (Å²) in [5.74, 6) is 0.0133. The van der Waals surface area contributed by atoms with Crippen LogP contribution in [0.2, 0.25) is 5.02 Å². The molecule has 2 rings (SSSR count). The van der Waals surface area contributed by atoms with Crippen molar-refractivity contribution in [2.45, 2.75) is 44.2 Å². The highest BCUT2D eigenvalue weighted by Gasteiger charge is 2.31. The Hall–Kier alpha value is -1.06. The van der Waals surface area contributed by atoms with Gasteiger partial charge in [-0.15, -0.1) is 0 Å². The normalized spacial score (nSPS) is 17.7. The number of carbonyl (C=O) groups is 1. The van der Waals surface area contributed by atoms with E-state index >= 15 is 0 Å². The van der Waals surface area contributed by atoms with Crippen LogP contribution in [0.4, 0.5) is 0 Å². The van der Waals surface area contributed by atoms with E-state index in [9.17, 15) is 4.79 Å². The molecule has 3 N–H and O–H groups in total. The fourth-order valence-corrected chi connectivity index (χ4v) is 2.68. The number of rotatable bonds is 4. The fraction of sp³-hybridized carbons (Fsp3) is 0.500. The van der Waals surface area contributed by atoms with Gasteiger partial charge in [0.15, 0.2) is 0 Å². The second kappa shape index (κ2) is 5.72. The molecule has 0 aromatic heterocycles. The second-order valence-corrected chi connectivity index (χ2v) is 5.52. The third-order valence-electron chi connectivity index (χ3n) is 3.55. The largest absolute Gasteiger partial charge is 0.352 e. The number of amides is 1. The van der Waals surface area contributed by atoms with Crippen molar-refractivity contribution in [3.8, 4) is 0 Å². The zero-order valence-electron chi connectivity index (χ0n) is 10.4. The van der Waals surface area contributed by atoms with Crippen LogP contribution in [-0.4, -0.2) is 11.4 Å². The van der Waals surface area contributed by atoms with Crippen LogP contribution in [0, 0.1) is 0 Å². The molecule has 1 fully saturated rings. The average molecular weight is 267 g/mol. The Morgan fingerprint density at radius 1 is 1.33 bits per heavy atom. The van der Waals surface area contributed by atoms with E-state index in [1.807, 2.05) is 24.3 Å². The van der Waals surface area contributed by atoms with E-state index in [2.05, 4.69) is 5.32 Å². The molecule has 0 spiro atoms. The average Bonchev–Trinajstić information content (AvgIpc) is 2.74. The number of hydrogen-bond acceptors (Lipinski definition) is 2. The van der Waals surface area contributed by atoms with Crippen LogP contribution < -0.4 is 11.1 Å². The lowest BCUT2D eigenvalue weighted by atomic mass is 9.94. The highest BCUT2D eigenvalue weighted by atomic mass is 35.5. The van der Waals surface area contributed by atoms with Gasteiger partial charge in [0, 0.05) is 23.5 Å². The fourth-order valence-electron chi connectivity index (χ4n) is 2.47. The molecule has 0 heterocycles. The van der Waals surface area contributed by atoms with Gasteiger partial charge in [-0.25, -0.2) is 0 Å². The van der Waals surface area contributed by atoms with Crippen molar-refractivity contribution in [3.05, 3.63) is 34.9 Å². The maximum absolute atomic E-state index is 11.9. The Labute approximate surface area is 113 Å². The first kappa shape index (κ1) is 13.4. The van der Waals surface area contributed by atoms with Crippen LogP contribution in [0.1, 0.15) is 37.7 Å². The Morgan fingerprint density at radius 2 is 2.00 bits per heavy atom. The summed E-state index contributed by atoms with van der Waals surface area (Å²) in [5.41, 5.74) is 6.82. The van der Waals surface area contributed by atoms with Gasteiger partial charge in [-0.05, 0) is 24.5 Å². The zero-order valence-corrected chi connectivity index (χ0v) is 11.2. The predicted molar refractivity (Wildman–Crippen MR) is 73.3 cm³/mol. The van der Waals surface area contributed by atoms with Crippen molar-refractivity contribution >= 4 is 17.5 Å². The predicted octanol–water partition coefficient (Wildman–Crippen LogP) is 2.62. The summed E-state index contributed by atoms with van der Waals surface area (Å²) in [6.45, 7) is 0.467. The van der Waals surface area contributed by atoms with Gasteiger partial charge in [0.1, 0.15) is 0 Å². The highest BCUT2D eigenvalue weighted by molar-refractivity contribution is 6.31. The molecule has 1 aliphatic carbocycles. The quantitative estimate of drug-likeness (QED) is 0.880. The first-order valence-electron chi connectivity index (χ1n) is 6.38. The molecule has 3 nitrogen and oxygen atoms in total. The van der Waals surface area contributed by atoms with Gasteiger partial charge in [-0.1, -0.05) is 42.6 Å². The molecule has 4 heteroatoms. The molecule has 1 saturated carbocycles. The Morgan fingerprint density at radius 3 is 2.67 bits per heavy atom. The van der Waals surface area contributed by atoms with E-state index in [0.717, 1.165) is 31.2 Å². The Bertz CT molecular complexity index is 428. The molecule has 18 heavy (non-hydrogen) atoms. The lowest BCUT2D eigenvalue weighted by molar-refractivity contribution is -0.122. The van der Waals surface area contributed by atoms with Crippen molar-refractivity contribution < 1.29 is 4.79 Å². The standard InChI is InChI=1S/C14H19ClN2O/c15-12-6-2-1-5-11(12)10-17-13(18)9-14(16)7-3-4-8-14/h1-2,5-6H,3-4,7-10,16H2,(H,17,18). The molecule has 0 unspecified atom stereocenters. The van der Waals surface area contributed by atoms with E-state index in [4.69, 9.17) is 17.3 Å². The summed E-state index contributed by atoms with van der Waals surface area (Å²) in [5, 5.41) is 3.57. The van der Waals surface area contributed by atoms with E-state index in [0.29, 0.717) is 18.0 Å². The SMILES string of the molecule is NC1(CC(=O)NCc2ccccc2Cl)CCCC1. The van der Waals surface area contributed by atoms with Crippen LogP contribution in [-0.2, 0) is 11.3 Å². The van der Waals surface area contributed by atoms with Crippen molar-refractivity contribution in [1.82, 2.24) is 5.32 Å². The third kappa shape index (κ3) is 3.47. The number of halogens is 1. The number of carbonyl (C=O) groups excluding carboxylic acids is 1. The Balaban J connectivity index is 1.83. The summed E-state index contributed by atoms with van der Waals surface area (Å²) in [6.07, 6.45) is 4.58. The van der Waals surface area contributed by atoms with E-state index < -0.39 is 0 Å². The molecule has 0 atom stereocenters. The summed E-state index contributed by atoms with van der Waals surface area (Å²) >= 11 is 6.03. The van der Waals surface area contributed by atoms with Crippen LogP contribution in [0.25, 0.3) is 0 Å². The topological polar surface area (TPSA) is 55.1 Å². The van der Waals surface area contributed by atoms with Crippen molar-refractivity contribution in [3.63, 3.8) is 0 Å². The second-order valence-electron chi connectivity index (χ2n) is 5.11. The smallest absolute Gasteiger partial charge is 0.222 e. The minimum atomic E-state index is -0.287. The van der Waals surface area contributed by atoms with E-state index in [1.54, 1.807) is 0 Å². The first-order valence-corrected chi connectivity index (χ1v) is 6.76. The van der Waals surface area contributed by atoms with E-state index in [1.165, 1.54) is 0 Å². The number of nitrogens with one attached hydrogen (secondary N) is 1. The molecule has 1 aliphatic rings. The molecule has 0 aliphatic heterocycles. The highest BCUT2D eigenvalue weighted by Crippen LogP contribution is 2.29. The molecular weight excluding hydrogens is 248 g/mol. The zero-order chi connectivity index (χ0) is 13.0. The van der Waals surface area contributed by atoms with Gasteiger partial charge in [0.25, 0.3) is 0 Å². The Kier molecular flexibility index (Phi) is 4.25. The third-order valence-corrected chi connectivity index (χ3v) is 3.91. The molecule has 98 valence electrons. The lowest BCUT2D eigenvalue weighted by Gasteiger charge is -2.22. The van der Waals surface area contributed by atoms with Crippen LogP contribution in [0.15, 0.2) is 24.3 Å². The monoisotopic (exact) mass is 266 g/mol. The van der Waals surface area contributed by atoms with Gasteiger partial charge in [-0.3, -0.25) is 4.79 Å². The first-order chi connectivity index (χ1) is 8.59. The minimum absolute atomic E-state index is 0.0133. The van der Waals surface area contributed by atoms with E-state index in [-0.39, 0.29) is 11.4 Å². The van der Waals surface area contributed by atoms with Gasteiger partial charge in [0.05, 0.1) is 0 Å². The van der Waals surface area contributed by atoms with Crippen molar-refractivity contribution in [1.29, 1.82) is 0 Å². The van der Waals surface area contributed by atoms with Crippen LogP contribution >= 0.6 is 11.6 Å². The summed E-state index contributed by atoms with van der Waals surface area (Å²) in [6, 6.07) is 7.52. The number of nitrogens with two attached hydrogens (primary N) is 1. The van der Waals surface area contributed by atoms with Crippen LogP contribution in [0.3, 0.4) is 0 Å². The summed E-state index contributed by atoms with van der Waals surface area (Å²) in [7, 11) is 0. The van der Waals surface area contributed by atoms with Crippen molar-refractivity contribution in [2.75, 3.05) is 0 Å². The lowest BCUT2D eigenvalue weighted by Crippen LogP contribution is -2.42. The number of hydrogen-bond donors (Lipinski definition) is 2. The van der Waals surface area contributed by atoms with Gasteiger partial charge in [0.2, 0.25) is 5.91 Å². The number of benzene rings is 1. The van der Waals surface area contributed by atoms with Crippen LogP contribution in [0.5, 0.6) is 0 Å². The molecule has 1 aromatic carbocycles. The maximum Gasteiger partial charge on any atom is 0.222 e. The summed E-state index contributed by atoms with van der Waals surface area (Å²) < 4.78 is 0. The minimum Gasteiger partial charge on any atom is -0.352 e. The summed E-state index contributed by atoms with van der Waals surface area (Å²) in [4.78, 5) is 11.9. The maximum atomic E-state index is 11.9. The molecular formula is C14H19ClN2O. The molecule has 0 radical (unpaired) electrons. The molecule has 0 bridgehead atoms. The molecule has 1 amide bonds.